The number of fused-ring (bicyclic) bond motifs is 1. The zero-order valence-electron chi connectivity index (χ0n) is 17.5. The summed E-state index contributed by atoms with van der Waals surface area (Å²) in [5.74, 6) is 2.47. The van der Waals surface area contributed by atoms with Gasteiger partial charge in [-0.1, -0.05) is 18.2 Å². The number of rotatable bonds is 9. The number of hydrogen-bond donors (Lipinski definition) is 0. The predicted octanol–water partition coefficient (Wildman–Crippen LogP) is 2.99. The van der Waals surface area contributed by atoms with Gasteiger partial charge < -0.3 is 19.1 Å². The highest BCUT2D eigenvalue weighted by molar-refractivity contribution is 5.78. The van der Waals surface area contributed by atoms with E-state index < -0.39 is 0 Å². The van der Waals surface area contributed by atoms with E-state index in [0.29, 0.717) is 25.4 Å². The fourth-order valence-corrected chi connectivity index (χ4v) is 3.55. The van der Waals surface area contributed by atoms with E-state index in [9.17, 15) is 4.79 Å². The van der Waals surface area contributed by atoms with E-state index in [-0.39, 0.29) is 5.91 Å². The van der Waals surface area contributed by atoms with Crippen LogP contribution in [0.1, 0.15) is 17.5 Å². The molecule has 0 unspecified atom stereocenters. The molecule has 0 radical (unpaired) electrons. The monoisotopic (exact) mass is 398 g/mol. The van der Waals surface area contributed by atoms with Crippen LogP contribution in [0.25, 0.3) is 0 Å². The maximum Gasteiger partial charge on any atom is 0.237 e. The molecule has 0 aromatic heterocycles. The van der Waals surface area contributed by atoms with Crippen molar-refractivity contribution in [2.24, 2.45) is 0 Å². The second-order valence-electron chi connectivity index (χ2n) is 7.29. The summed E-state index contributed by atoms with van der Waals surface area (Å²) in [7, 11) is 5.25. The molecule has 0 saturated heterocycles. The number of nitrogens with zero attached hydrogens (tertiary/aromatic N) is 2. The lowest BCUT2D eigenvalue weighted by Gasteiger charge is -2.31. The van der Waals surface area contributed by atoms with Crippen molar-refractivity contribution in [3.05, 3.63) is 53.6 Å². The molecule has 0 saturated carbocycles. The van der Waals surface area contributed by atoms with Crippen molar-refractivity contribution in [2.45, 2.75) is 19.4 Å². The highest BCUT2D eigenvalue weighted by Gasteiger charge is 2.23. The van der Waals surface area contributed by atoms with Crippen molar-refractivity contribution in [2.75, 3.05) is 47.5 Å². The molecule has 6 nitrogen and oxygen atoms in total. The zero-order valence-corrected chi connectivity index (χ0v) is 17.5. The van der Waals surface area contributed by atoms with Crippen LogP contribution >= 0.6 is 0 Å². The van der Waals surface area contributed by atoms with E-state index in [1.807, 2.05) is 54.4 Å². The van der Waals surface area contributed by atoms with Gasteiger partial charge >= 0.3 is 0 Å². The number of carbonyl (C=O) groups excluding carboxylic acids is 1. The van der Waals surface area contributed by atoms with E-state index in [4.69, 9.17) is 14.2 Å². The molecule has 0 fully saturated rings. The van der Waals surface area contributed by atoms with Crippen LogP contribution in [-0.2, 0) is 17.8 Å². The number of carbonyl (C=O) groups is 1. The smallest absolute Gasteiger partial charge is 0.237 e. The SMILES string of the molecule is COc1cc2c(cc1OC)CN(C(=O)CN(C)CCCOc1ccccc1)CC2. The summed E-state index contributed by atoms with van der Waals surface area (Å²) in [6.45, 7) is 3.20. The van der Waals surface area contributed by atoms with Crippen molar-refractivity contribution < 1.29 is 19.0 Å². The maximum absolute atomic E-state index is 12.7. The third kappa shape index (κ3) is 5.64. The molecule has 0 N–H and O–H groups in total. The summed E-state index contributed by atoms with van der Waals surface area (Å²) >= 11 is 0. The highest BCUT2D eigenvalue weighted by atomic mass is 16.5. The van der Waals surface area contributed by atoms with Gasteiger partial charge in [0.25, 0.3) is 0 Å². The summed E-state index contributed by atoms with van der Waals surface area (Å²) in [5, 5.41) is 0. The number of likely N-dealkylation sites (N-methyl/N-ethyl adjacent to an activating group) is 1. The van der Waals surface area contributed by atoms with E-state index in [1.165, 1.54) is 5.56 Å². The van der Waals surface area contributed by atoms with Crippen LogP contribution in [0.5, 0.6) is 17.2 Å². The molecule has 29 heavy (non-hydrogen) atoms. The molecule has 0 atom stereocenters. The van der Waals surface area contributed by atoms with Gasteiger partial charge in [0.2, 0.25) is 5.91 Å². The van der Waals surface area contributed by atoms with E-state index in [1.54, 1.807) is 14.2 Å². The van der Waals surface area contributed by atoms with Crippen molar-refractivity contribution in [1.29, 1.82) is 0 Å². The Bertz CT molecular complexity index is 810. The van der Waals surface area contributed by atoms with Gasteiger partial charge in [0.15, 0.2) is 11.5 Å². The molecule has 1 aliphatic heterocycles. The molecule has 6 heteroatoms. The van der Waals surface area contributed by atoms with Gasteiger partial charge in [-0.3, -0.25) is 9.69 Å². The van der Waals surface area contributed by atoms with Gasteiger partial charge in [-0.25, -0.2) is 0 Å². The van der Waals surface area contributed by atoms with Crippen LogP contribution < -0.4 is 14.2 Å². The van der Waals surface area contributed by atoms with Crippen LogP contribution in [0.2, 0.25) is 0 Å². The van der Waals surface area contributed by atoms with Crippen LogP contribution in [-0.4, -0.2) is 63.2 Å². The first-order chi connectivity index (χ1) is 14.1. The topological polar surface area (TPSA) is 51.2 Å². The number of amides is 1. The van der Waals surface area contributed by atoms with Crippen LogP contribution in [0, 0.1) is 0 Å². The number of ether oxygens (including phenoxy) is 3. The normalized spacial score (nSPS) is 13.2. The summed E-state index contributed by atoms with van der Waals surface area (Å²) in [6, 6.07) is 13.8. The Morgan fingerprint density at radius 3 is 2.45 bits per heavy atom. The van der Waals surface area contributed by atoms with Crippen LogP contribution in [0.15, 0.2) is 42.5 Å². The molecule has 2 aromatic rings. The minimum Gasteiger partial charge on any atom is -0.494 e. The molecule has 3 rings (SSSR count). The Balaban J connectivity index is 1.46. The molecule has 1 aliphatic rings. The van der Waals surface area contributed by atoms with Crippen molar-refractivity contribution in [3.8, 4) is 17.2 Å². The van der Waals surface area contributed by atoms with E-state index >= 15 is 0 Å². The molecule has 2 aromatic carbocycles. The molecule has 1 amide bonds. The first-order valence-electron chi connectivity index (χ1n) is 9.98. The quantitative estimate of drug-likeness (QED) is 0.608. The van der Waals surface area contributed by atoms with Gasteiger partial charge in [0.05, 0.1) is 27.4 Å². The van der Waals surface area contributed by atoms with Crippen molar-refractivity contribution >= 4 is 5.91 Å². The minimum atomic E-state index is 0.150. The summed E-state index contributed by atoms with van der Waals surface area (Å²) in [6.07, 6.45) is 1.70. The lowest BCUT2D eigenvalue weighted by atomic mass is 9.98. The van der Waals surface area contributed by atoms with Crippen LogP contribution in [0.4, 0.5) is 0 Å². The average Bonchev–Trinajstić information content (AvgIpc) is 2.76. The Morgan fingerprint density at radius 2 is 1.76 bits per heavy atom. The minimum absolute atomic E-state index is 0.150. The molecular formula is C23H30N2O4. The highest BCUT2D eigenvalue weighted by Crippen LogP contribution is 2.33. The van der Waals surface area contributed by atoms with E-state index in [2.05, 4.69) is 4.90 Å². The maximum atomic E-state index is 12.7. The predicted molar refractivity (Wildman–Crippen MR) is 113 cm³/mol. The molecule has 0 aliphatic carbocycles. The zero-order chi connectivity index (χ0) is 20.6. The first-order valence-corrected chi connectivity index (χ1v) is 9.98. The second kappa shape index (κ2) is 10.2. The fourth-order valence-electron chi connectivity index (χ4n) is 3.55. The lowest BCUT2D eigenvalue weighted by molar-refractivity contribution is -0.133. The molecule has 0 bridgehead atoms. The largest absolute Gasteiger partial charge is 0.494 e. The Hall–Kier alpha value is -2.73. The number of benzene rings is 2. The standard InChI is InChI=1S/C23H30N2O4/c1-24(11-7-13-29-20-8-5-4-6-9-20)17-23(26)25-12-10-18-14-21(27-2)22(28-3)15-19(18)16-25/h4-6,8-9,14-15H,7,10-13,16-17H2,1-3H3. The molecule has 156 valence electrons. The number of hydrogen-bond acceptors (Lipinski definition) is 5. The van der Waals surface area contributed by atoms with Crippen LogP contribution in [0.3, 0.4) is 0 Å². The number of para-hydroxylation sites is 1. The Labute approximate surface area is 173 Å². The molecule has 1 heterocycles. The second-order valence-corrected chi connectivity index (χ2v) is 7.29. The summed E-state index contributed by atoms with van der Waals surface area (Å²) < 4.78 is 16.5. The van der Waals surface area contributed by atoms with Gasteiger partial charge in [0, 0.05) is 19.6 Å². The summed E-state index contributed by atoms with van der Waals surface area (Å²) in [4.78, 5) is 16.7. The lowest BCUT2D eigenvalue weighted by Crippen LogP contribution is -2.42. The first kappa shape index (κ1) is 21.0. The average molecular weight is 399 g/mol. The Kier molecular flexibility index (Phi) is 7.36. The molecule has 0 spiro atoms. The van der Waals surface area contributed by atoms with Gasteiger partial charge in [-0.05, 0) is 55.3 Å². The van der Waals surface area contributed by atoms with Crippen molar-refractivity contribution in [3.63, 3.8) is 0 Å². The van der Waals surface area contributed by atoms with Gasteiger partial charge in [-0.2, -0.15) is 0 Å². The summed E-state index contributed by atoms with van der Waals surface area (Å²) in [5.41, 5.74) is 2.35. The molecular weight excluding hydrogens is 368 g/mol. The van der Waals surface area contributed by atoms with Gasteiger partial charge in [-0.15, -0.1) is 0 Å². The van der Waals surface area contributed by atoms with Crippen molar-refractivity contribution in [1.82, 2.24) is 9.80 Å². The van der Waals surface area contributed by atoms with Gasteiger partial charge in [0.1, 0.15) is 5.75 Å². The number of methoxy groups -OCH3 is 2. The van der Waals surface area contributed by atoms with E-state index in [0.717, 1.165) is 43.0 Å². The Morgan fingerprint density at radius 1 is 1.07 bits per heavy atom. The third-order valence-corrected chi connectivity index (χ3v) is 5.17. The fraction of sp³-hybridized carbons (Fsp3) is 0.435. The third-order valence-electron chi connectivity index (χ3n) is 5.17.